The zero-order valence-electron chi connectivity index (χ0n) is 9.69. The van der Waals surface area contributed by atoms with Crippen LogP contribution in [0.1, 0.15) is 16.7 Å². The van der Waals surface area contributed by atoms with Crippen LogP contribution in [0.4, 0.5) is 0 Å². The van der Waals surface area contributed by atoms with Gasteiger partial charge in [-0.15, -0.1) is 6.58 Å². The first-order valence-corrected chi connectivity index (χ1v) is 5.65. The highest BCUT2D eigenvalue weighted by Gasteiger charge is 1.89. The third-order valence-electron chi connectivity index (χ3n) is 2.46. The molecule has 0 heterocycles. The Morgan fingerprint density at radius 3 is 2.00 bits per heavy atom. The molecule has 0 nitrogen and oxygen atoms in total. The smallest absolute Gasteiger partial charge is 0.0249 e. The molecule has 0 atom stereocenters. The molecule has 0 saturated carbocycles. The fraction of sp³-hybridized carbons (Fsp3) is 0.0588. The molecule has 0 aliphatic rings. The zero-order chi connectivity index (χ0) is 11.9. The third-order valence-corrected chi connectivity index (χ3v) is 2.46. The number of hydrogen-bond acceptors (Lipinski definition) is 0. The van der Waals surface area contributed by atoms with E-state index in [1.165, 1.54) is 5.56 Å². The van der Waals surface area contributed by atoms with E-state index in [9.17, 15) is 0 Å². The first-order chi connectivity index (χ1) is 8.38. The monoisotopic (exact) mass is 218 g/mol. The van der Waals surface area contributed by atoms with Crippen molar-refractivity contribution in [2.75, 3.05) is 0 Å². The minimum absolute atomic E-state index is 0.909. The van der Waals surface area contributed by atoms with Crippen molar-refractivity contribution in [2.45, 2.75) is 6.42 Å². The van der Waals surface area contributed by atoms with Crippen LogP contribution in [0.5, 0.6) is 0 Å². The van der Waals surface area contributed by atoms with Gasteiger partial charge in [0.25, 0.3) is 0 Å². The minimum atomic E-state index is 0.909. The van der Waals surface area contributed by atoms with E-state index in [0.717, 1.165) is 17.5 Å². The summed E-state index contributed by atoms with van der Waals surface area (Å²) in [7, 11) is 0. The van der Waals surface area contributed by atoms with Gasteiger partial charge in [0.05, 0.1) is 0 Å². The summed E-state index contributed by atoms with van der Waals surface area (Å²) in [4.78, 5) is 0. The maximum absolute atomic E-state index is 3.73. The van der Waals surface area contributed by atoms with E-state index >= 15 is 0 Å². The Morgan fingerprint density at radius 2 is 1.41 bits per heavy atom. The van der Waals surface area contributed by atoms with Crippen molar-refractivity contribution in [3.8, 4) is 11.8 Å². The van der Waals surface area contributed by atoms with Crippen LogP contribution in [0, 0.1) is 11.8 Å². The molecule has 0 spiro atoms. The highest BCUT2D eigenvalue weighted by Crippen LogP contribution is 2.05. The largest absolute Gasteiger partial charge is 0.103 e. The van der Waals surface area contributed by atoms with Crippen molar-refractivity contribution in [1.82, 2.24) is 0 Å². The molecule has 0 radical (unpaired) electrons. The van der Waals surface area contributed by atoms with Crippen molar-refractivity contribution >= 4 is 0 Å². The van der Waals surface area contributed by atoms with E-state index in [0.29, 0.717) is 0 Å². The van der Waals surface area contributed by atoms with Crippen molar-refractivity contribution in [2.24, 2.45) is 0 Å². The van der Waals surface area contributed by atoms with Crippen LogP contribution in [0.2, 0.25) is 0 Å². The van der Waals surface area contributed by atoms with E-state index in [2.05, 4.69) is 42.7 Å². The highest BCUT2D eigenvalue weighted by molar-refractivity contribution is 5.43. The van der Waals surface area contributed by atoms with Crippen molar-refractivity contribution in [1.29, 1.82) is 0 Å². The van der Waals surface area contributed by atoms with E-state index in [-0.39, 0.29) is 0 Å². The standard InChI is InChI=1S/C17H14/c1-2-6-15-9-12-17(13-10-15)14-11-16-7-4-3-5-8-16/h2-5,7-10,12-13H,1,6H2. The average molecular weight is 218 g/mol. The van der Waals surface area contributed by atoms with Crippen LogP contribution in [-0.4, -0.2) is 0 Å². The molecule has 0 aliphatic heterocycles. The lowest BCUT2D eigenvalue weighted by atomic mass is 10.1. The molecule has 0 bridgehead atoms. The van der Waals surface area contributed by atoms with E-state index in [1.54, 1.807) is 0 Å². The lowest BCUT2D eigenvalue weighted by Gasteiger charge is -1.95. The Kier molecular flexibility index (Phi) is 3.78. The molecule has 17 heavy (non-hydrogen) atoms. The summed E-state index contributed by atoms with van der Waals surface area (Å²) < 4.78 is 0. The second-order valence-corrected chi connectivity index (χ2v) is 3.81. The summed E-state index contributed by atoms with van der Waals surface area (Å²) in [6, 6.07) is 18.3. The molecule has 0 N–H and O–H groups in total. The van der Waals surface area contributed by atoms with Gasteiger partial charge in [-0.05, 0) is 36.2 Å². The quantitative estimate of drug-likeness (QED) is 0.531. The molecule has 0 saturated heterocycles. The molecule has 0 aromatic heterocycles. The van der Waals surface area contributed by atoms with Gasteiger partial charge >= 0.3 is 0 Å². The number of allylic oxidation sites excluding steroid dienone is 1. The van der Waals surface area contributed by atoms with Gasteiger partial charge in [-0.2, -0.15) is 0 Å². The normalized spacial score (nSPS) is 9.18. The predicted octanol–water partition coefficient (Wildman–Crippen LogP) is 3.81. The molecule has 0 unspecified atom stereocenters. The predicted molar refractivity (Wildman–Crippen MR) is 72.8 cm³/mol. The molecule has 2 rings (SSSR count). The van der Waals surface area contributed by atoms with Crippen LogP contribution in [-0.2, 0) is 6.42 Å². The Balaban J connectivity index is 2.14. The Bertz CT molecular complexity index is 536. The van der Waals surface area contributed by atoms with Crippen LogP contribution >= 0.6 is 0 Å². The van der Waals surface area contributed by atoms with Crippen molar-refractivity contribution in [3.63, 3.8) is 0 Å². The van der Waals surface area contributed by atoms with Gasteiger partial charge in [0, 0.05) is 11.1 Å². The molecule has 82 valence electrons. The van der Waals surface area contributed by atoms with Crippen LogP contribution in [0.25, 0.3) is 0 Å². The third kappa shape index (κ3) is 3.36. The van der Waals surface area contributed by atoms with Gasteiger partial charge in [0.1, 0.15) is 0 Å². The second kappa shape index (κ2) is 5.72. The van der Waals surface area contributed by atoms with Gasteiger partial charge < -0.3 is 0 Å². The molecular formula is C17H14. The fourth-order valence-electron chi connectivity index (χ4n) is 1.56. The molecule has 2 aromatic carbocycles. The van der Waals surface area contributed by atoms with Crippen molar-refractivity contribution in [3.05, 3.63) is 83.9 Å². The molecule has 2 aromatic rings. The maximum atomic E-state index is 3.73. The van der Waals surface area contributed by atoms with Crippen LogP contribution < -0.4 is 0 Å². The summed E-state index contributed by atoms with van der Waals surface area (Å²) >= 11 is 0. The molecular weight excluding hydrogens is 204 g/mol. The summed E-state index contributed by atoms with van der Waals surface area (Å²) in [5.41, 5.74) is 3.36. The number of rotatable bonds is 2. The SMILES string of the molecule is C=CCc1ccc(C#Cc2ccccc2)cc1. The Morgan fingerprint density at radius 1 is 0.824 bits per heavy atom. The lowest BCUT2D eigenvalue weighted by molar-refractivity contribution is 1.27. The fourth-order valence-corrected chi connectivity index (χ4v) is 1.56. The Labute approximate surface area is 103 Å². The van der Waals surface area contributed by atoms with Crippen LogP contribution in [0.15, 0.2) is 67.3 Å². The molecule has 0 heteroatoms. The van der Waals surface area contributed by atoms with E-state index in [1.807, 2.05) is 36.4 Å². The van der Waals surface area contributed by atoms with E-state index in [4.69, 9.17) is 0 Å². The summed E-state index contributed by atoms with van der Waals surface area (Å²) in [5.74, 6) is 6.30. The van der Waals surface area contributed by atoms with Gasteiger partial charge in [-0.25, -0.2) is 0 Å². The number of benzene rings is 2. The minimum Gasteiger partial charge on any atom is -0.103 e. The second-order valence-electron chi connectivity index (χ2n) is 3.81. The first kappa shape index (κ1) is 11.2. The summed E-state index contributed by atoms with van der Waals surface area (Å²) in [6.45, 7) is 3.73. The van der Waals surface area contributed by atoms with Crippen molar-refractivity contribution < 1.29 is 0 Å². The number of hydrogen-bond donors (Lipinski definition) is 0. The molecule has 0 fully saturated rings. The van der Waals surface area contributed by atoms with Gasteiger partial charge in [0.15, 0.2) is 0 Å². The van der Waals surface area contributed by atoms with Gasteiger partial charge in [0.2, 0.25) is 0 Å². The lowest BCUT2D eigenvalue weighted by Crippen LogP contribution is -1.81. The van der Waals surface area contributed by atoms with Crippen LogP contribution in [0.3, 0.4) is 0 Å². The maximum Gasteiger partial charge on any atom is 0.0249 e. The molecule has 0 aliphatic carbocycles. The first-order valence-electron chi connectivity index (χ1n) is 5.65. The van der Waals surface area contributed by atoms with Gasteiger partial charge in [-0.1, -0.05) is 48.2 Å². The topological polar surface area (TPSA) is 0 Å². The summed E-state index contributed by atoms with van der Waals surface area (Å²) in [6.07, 6.45) is 2.82. The molecule has 0 amide bonds. The summed E-state index contributed by atoms with van der Waals surface area (Å²) in [5, 5.41) is 0. The Hall–Kier alpha value is -2.26. The van der Waals surface area contributed by atoms with Gasteiger partial charge in [-0.3, -0.25) is 0 Å². The zero-order valence-corrected chi connectivity index (χ0v) is 9.69. The highest BCUT2D eigenvalue weighted by atomic mass is 13.9. The van der Waals surface area contributed by atoms with E-state index < -0.39 is 0 Å². The average Bonchev–Trinajstić information content (AvgIpc) is 2.40.